The maximum atomic E-state index is 5.96. The molecule has 2 heterocycles. The molecular formula is C11H20N6. The Bertz CT molecular complexity index is 350. The third-order valence-corrected chi connectivity index (χ3v) is 3.18. The quantitative estimate of drug-likeness (QED) is 0.606. The molecule has 1 fully saturated rings. The number of aliphatic imine (C=N–C) groups is 1. The number of piperidine rings is 1. The van der Waals surface area contributed by atoms with Crippen molar-refractivity contribution in [2.75, 3.05) is 19.6 Å². The summed E-state index contributed by atoms with van der Waals surface area (Å²) in [6, 6.07) is 0. The first-order chi connectivity index (χ1) is 8.25. The van der Waals surface area contributed by atoms with Crippen LogP contribution in [0.25, 0.3) is 0 Å². The second-order valence-corrected chi connectivity index (χ2v) is 4.57. The van der Waals surface area contributed by atoms with E-state index in [2.05, 4.69) is 26.9 Å². The van der Waals surface area contributed by atoms with Gasteiger partial charge in [-0.2, -0.15) is 5.10 Å². The maximum Gasteiger partial charge on any atom is 0.191 e. The van der Waals surface area contributed by atoms with Crippen LogP contribution in [0.15, 0.2) is 17.6 Å². The highest BCUT2D eigenvalue weighted by molar-refractivity contribution is 5.78. The van der Waals surface area contributed by atoms with Gasteiger partial charge in [0, 0.05) is 13.1 Å². The first kappa shape index (κ1) is 11.9. The highest BCUT2D eigenvalue weighted by Crippen LogP contribution is 2.15. The van der Waals surface area contributed by atoms with Crippen molar-refractivity contribution in [1.82, 2.24) is 19.7 Å². The number of nitrogens with zero attached hydrogens (tertiary/aromatic N) is 5. The van der Waals surface area contributed by atoms with E-state index < -0.39 is 0 Å². The number of hydrogen-bond acceptors (Lipinski definition) is 3. The van der Waals surface area contributed by atoms with Crippen LogP contribution in [0.5, 0.6) is 0 Å². The summed E-state index contributed by atoms with van der Waals surface area (Å²) < 4.78 is 1.76. The van der Waals surface area contributed by atoms with E-state index in [0.717, 1.165) is 25.6 Å². The van der Waals surface area contributed by atoms with E-state index in [4.69, 9.17) is 5.73 Å². The number of likely N-dealkylation sites (tertiary alicyclic amines) is 1. The van der Waals surface area contributed by atoms with Crippen LogP contribution in [-0.4, -0.2) is 45.3 Å². The smallest absolute Gasteiger partial charge is 0.191 e. The normalized spacial score (nSPS) is 18.6. The summed E-state index contributed by atoms with van der Waals surface area (Å²) in [7, 11) is 0. The molecule has 6 heteroatoms. The monoisotopic (exact) mass is 236 g/mol. The predicted molar refractivity (Wildman–Crippen MR) is 66.5 cm³/mol. The van der Waals surface area contributed by atoms with Gasteiger partial charge >= 0.3 is 0 Å². The van der Waals surface area contributed by atoms with Crippen LogP contribution in [0.1, 0.15) is 19.8 Å². The van der Waals surface area contributed by atoms with Gasteiger partial charge in [-0.05, 0) is 18.8 Å². The molecule has 0 bridgehead atoms. The van der Waals surface area contributed by atoms with E-state index in [1.165, 1.54) is 19.2 Å². The summed E-state index contributed by atoms with van der Waals surface area (Å²) in [5, 5.41) is 4.02. The van der Waals surface area contributed by atoms with Gasteiger partial charge in [-0.25, -0.2) is 4.98 Å². The van der Waals surface area contributed by atoms with Crippen molar-refractivity contribution in [3.8, 4) is 0 Å². The minimum atomic E-state index is 0.654. The molecule has 2 N–H and O–H groups in total. The molecule has 1 saturated heterocycles. The van der Waals surface area contributed by atoms with Crippen molar-refractivity contribution in [2.45, 2.75) is 26.3 Å². The number of rotatable bonds is 3. The molecule has 0 spiro atoms. The van der Waals surface area contributed by atoms with E-state index >= 15 is 0 Å². The number of guanidine groups is 1. The zero-order valence-corrected chi connectivity index (χ0v) is 10.3. The van der Waals surface area contributed by atoms with E-state index in [9.17, 15) is 0 Å². The van der Waals surface area contributed by atoms with Gasteiger partial charge in [-0.3, -0.25) is 9.67 Å². The van der Waals surface area contributed by atoms with Crippen LogP contribution in [0.4, 0.5) is 0 Å². The third kappa shape index (κ3) is 3.44. The molecule has 1 aliphatic heterocycles. The highest BCUT2D eigenvalue weighted by Gasteiger charge is 2.16. The average Bonchev–Trinajstić information content (AvgIpc) is 2.83. The molecule has 0 aromatic carbocycles. The molecule has 6 nitrogen and oxygen atoms in total. The molecule has 1 aromatic rings. The van der Waals surface area contributed by atoms with E-state index in [1.807, 2.05) is 0 Å². The minimum Gasteiger partial charge on any atom is -0.370 e. The fourth-order valence-corrected chi connectivity index (χ4v) is 1.95. The van der Waals surface area contributed by atoms with Gasteiger partial charge in [0.15, 0.2) is 5.96 Å². The van der Waals surface area contributed by atoms with Gasteiger partial charge in [-0.15, -0.1) is 0 Å². The topological polar surface area (TPSA) is 72.3 Å². The van der Waals surface area contributed by atoms with Crippen LogP contribution in [-0.2, 0) is 6.54 Å². The standard InChI is InChI=1S/C11H20N6/c1-10-2-5-16(6-3-10)11(12)14-4-7-17-9-13-8-15-17/h8-10H,2-7H2,1H3,(H2,12,14). The molecule has 0 saturated carbocycles. The summed E-state index contributed by atoms with van der Waals surface area (Å²) >= 11 is 0. The Morgan fingerprint density at radius 3 is 2.88 bits per heavy atom. The number of nitrogens with two attached hydrogens (primary N) is 1. The molecule has 17 heavy (non-hydrogen) atoms. The number of aromatic nitrogens is 3. The van der Waals surface area contributed by atoms with Gasteiger partial charge in [0.25, 0.3) is 0 Å². The highest BCUT2D eigenvalue weighted by atomic mass is 15.3. The zero-order valence-electron chi connectivity index (χ0n) is 10.3. The van der Waals surface area contributed by atoms with Crippen LogP contribution >= 0.6 is 0 Å². The van der Waals surface area contributed by atoms with Crippen LogP contribution < -0.4 is 5.73 Å². The summed E-state index contributed by atoms with van der Waals surface area (Å²) in [5.41, 5.74) is 5.96. The lowest BCUT2D eigenvalue weighted by atomic mass is 10.00. The molecule has 0 radical (unpaired) electrons. The van der Waals surface area contributed by atoms with Crippen molar-refractivity contribution in [3.63, 3.8) is 0 Å². The molecular weight excluding hydrogens is 216 g/mol. The number of hydrogen-bond donors (Lipinski definition) is 1. The maximum absolute atomic E-state index is 5.96. The zero-order chi connectivity index (χ0) is 12.1. The first-order valence-corrected chi connectivity index (χ1v) is 6.13. The van der Waals surface area contributed by atoms with Gasteiger partial charge in [0.05, 0.1) is 13.1 Å². The Morgan fingerprint density at radius 2 is 2.24 bits per heavy atom. The summed E-state index contributed by atoms with van der Waals surface area (Å²) in [6.45, 7) is 5.72. The van der Waals surface area contributed by atoms with E-state index in [1.54, 1.807) is 11.0 Å². The van der Waals surface area contributed by atoms with Crippen LogP contribution in [0, 0.1) is 5.92 Å². The Morgan fingerprint density at radius 1 is 1.47 bits per heavy atom. The molecule has 0 aliphatic carbocycles. The van der Waals surface area contributed by atoms with Crippen LogP contribution in [0.2, 0.25) is 0 Å². The lowest BCUT2D eigenvalue weighted by Gasteiger charge is -2.31. The minimum absolute atomic E-state index is 0.654. The van der Waals surface area contributed by atoms with Crippen molar-refractivity contribution in [2.24, 2.45) is 16.6 Å². The first-order valence-electron chi connectivity index (χ1n) is 6.13. The largest absolute Gasteiger partial charge is 0.370 e. The summed E-state index contributed by atoms with van der Waals surface area (Å²) in [4.78, 5) is 10.4. The van der Waals surface area contributed by atoms with Crippen molar-refractivity contribution >= 4 is 5.96 Å². The van der Waals surface area contributed by atoms with Gasteiger partial charge in [-0.1, -0.05) is 6.92 Å². The SMILES string of the molecule is CC1CCN(C(N)=NCCn2cncn2)CC1. The van der Waals surface area contributed by atoms with Crippen molar-refractivity contribution in [3.05, 3.63) is 12.7 Å². The second-order valence-electron chi connectivity index (χ2n) is 4.57. The fraction of sp³-hybridized carbons (Fsp3) is 0.727. The average molecular weight is 236 g/mol. The van der Waals surface area contributed by atoms with Gasteiger partial charge in [0.2, 0.25) is 0 Å². The predicted octanol–water partition coefficient (Wildman–Crippen LogP) is 0.325. The van der Waals surface area contributed by atoms with Crippen LogP contribution in [0.3, 0.4) is 0 Å². The van der Waals surface area contributed by atoms with Crippen molar-refractivity contribution < 1.29 is 0 Å². The Labute approximate surface area is 102 Å². The third-order valence-electron chi connectivity index (χ3n) is 3.18. The van der Waals surface area contributed by atoms with E-state index in [-0.39, 0.29) is 0 Å². The lowest BCUT2D eigenvalue weighted by Crippen LogP contribution is -2.42. The van der Waals surface area contributed by atoms with Crippen molar-refractivity contribution in [1.29, 1.82) is 0 Å². The fourth-order valence-electron chi connectivity index (χ4n) is 1.95. The van der Waals surface area contributed by atoms with E-state index in [0.29, 0.717) is 12.5 Å². The molecule has 0 atom stereocenters. The molecule has 0 unspecified atom stereocenters. The molecule has 94 valence electrons. The molecule has 0 amide bonds. The Hall–Kier alpha value is -1.59. The lowest BCUT2D eigenvalue weighted by molar-refractivity contribution is 0.277. The summed E-state index contributed by atoms with van der Waals surface area (Å²) in [6.07, 6.45) is 5.63. The summed E-state index contributed by atoms with van der Waals surface area (Å²) in [5.74, 6) is 1.48. The second kappa shape index (κ2) is 5.65. The van der Waals surface area contributed by atoms with Gasteiger partial charge in [0.1, 0.15) is 12.7 Å². The van der Waals surface area contributed by atoms with Gasteiger partial charge < -0.3 is 10.6 Å². The Balaban J connectivity index is 1.77. The molecule has 1 aromatic heterocycles. The Kier molecular flexibility index (Phi) is 3.95. The molecule has 2 rings (SSSR count). The molecule has 1 aliphatic rings.